The van der Waals surface area contributed by atoms with Crippen LogP contribution in [-0.2, 0) is 9.47 Å². The number of methoxy groups -OCH3 is 2. The van der Waals surface area contributed by atoms with Crippen LogP contribution in [0.3, 0.4) is 0 Å². The molecule has 25 heavy (non-hydrogen) atoms. The molecule has 0 spiro atoms. The molecule has 0 fully saturated rings. The molecular weight excluding hydrogens is 326 g/mol. The molecule has 1 N–H and O–H groups in total. The molecule has 0 saturated heterocycles. The summed E-state index contributed by atoms with van der Waals surface area (Å²) in [6.45, 7) is 1.91. The second-order valence-corrected chi connectivity index (χ2v) is 5.11. The van der Waals surface area contributed by atoms with E-state index in [1.54, 1.807) is 24.3 Å². The molecule has 0 aliphatic heterocycles. The van der Waals surface area contributed by atoms with Gasteiger partial charge in [-0.2, -0.15) is 0 Å². The molecule has 1 amide bonds. The first kappa shape index (κ1) is 18.0. The van der Waals surface area contributed by atoms with Crippen LogP contribution < -0.4 is 10.1 Å². The number of amides is 1. The number of benzene rings is 2. The quantitative estimate of drug-likeness (QED) is 0.858. The van der Waals surface area contributed by atoms with Crippen LogP contribution in [0.25, 0.3) is 0 Å². The second kappa shape index (κ2) is 7.96. The predicted octanol–water partition coefficient (Wildman–Crippen LogP) is 3.18. The monoisotopic (exact) mass is 343 g/mol. The van der Waals surface area contributed by atoms with Gasteiger partial charge in [-0.3, -0.25) is 5.32 Å². The van der Waals surface area contributed by atoms with Crippen LogP contribution in [0.5, 0.6) is 5.75 Å². The van der Waals surface area contributed by atoms with Gasteiger partial charge in [0, 0.05) is 5.69 Å². The lowest BCUT2D eigenvalue weighted by Gasteiger charge is -2.10. The minimum atomic E-state index is -0.762. The highest BCUT2D eigenvalue weighted by atomic mass is 16.6. The predicted molar refractivity (Wildman–Crippen MR) is 89.9 cm³/mol. The van der Waals surface area contributed by atoms with Crippen LogP contribution in [0, 0.1) is 6.92 Å². The number of nitrogens with one attached hydrogen (secondary N) is 1. The molecule has 0 heterocycles. The summed E-state index contributed by atoms with van der Waals surface area (Å²) in [6.07, 6.45) is -0.762. The summed E-state index contributed by atoms with van der Waals surface area (Å²) < 4.78 is 14.4. The Morgan fingerprint density at radius 3 is 1.84 bits per heavy atom. The fourth-order valence-corrected chi connectivity index (χ4v) is 2.03. The van der Waals surface area contributed by atoms with Gasteiger partial charge in [0.15, 0.2) is 0 Å². The summed E-state index contributed by atoms with van der Waals surface area (Å²) >= 11 is 0. The zero-order valence-electron chi connectivity index (χ0n) is 14.0. The molecule has 0 aliphatic rings. The lowest BCUT2D eigenvalue weighted by atomic mass is 10.1. The van der Waals surface area contributed by atoms with Gasteiger partial charge in [0.05, 0.1) is 25.3 Å². The molecule has 0 saturated carbocycles. The van der Waals surface area contributed by atoms with Gasteiger partial charge >= 0.3 is 18.0 Å². The van der Waals surface area contributed by atoms with Crippen molar-refractivity contribution in [2.24, 2.45) is 0 Å². The van der Waals surface area contributed by atoms with E-state index in [1.165, 1.54) is 32.4 Å². The van der Waals surface area contributed by atoms with E-state index in [0.29, 0.717) is 5.75 Å². The number of carbonyl (C=O) groups excluding carboxylic acids is 3. The molecule has 2 aromatic carbocycles. The fraction of sp³-hybridized carbons (Fsp3) is 0.167. The maximum Gasteiger partial charge on any atom is 0.417 e. The van der Waals surface area contributed by atoms with Crippen molar-refractivity contribution in [2.75, 3.05) is 19.5 Å². The van der Waals surface area contributed by atoms with E-state index >= 15 is 0 Å². The van der Waals surface area contributed by atoms with Crippen LogP contribution in [-0.4, -0.2) is 32.3 Å². The van der Waals surface area contributed by atoms with Crippen molar-refractivity contribution in [1.82, 2.24) is 0 Å². The van der Waals surface area contributed by atoms with Crippen molar-refractivity contribution in [2.45, 2.75) is 6.92 Å². The third kappa shape index (κ3) is 4.81. The third-order valence-corrected chi connectivity index (χ3v) is 3.25. The highest BCUT2D eigenvalue weighted by Gasteiger charge is 2.15. The first-order chi connectivity index (χ1) is 11.9. The molecule has 0 aromatic heterocycles. The Labute approximate surface area is 144 Å². The number of rotatable bonds is 4. The van der Waals surface area contributed by atoms with Crippen molar-refractivity contribution >= 4 is 23.7 Å². The number of hydrogen-bond acceptors (Lipinski definition) is 6. The maximum atomic E-state index is 12.0. The average molecular weight is 343 g/mol. The Kier molecular flexibility index (Phi) is 5.73. The molecule has 2 rings (SSSR count). The van der Waals surface area contributed by atoms with Crippen LogP contribution >= 0.6 is 0 Å². The van der Waals surface area contributed by atoms with Crippen LogP contribution in [0.2, 0.25) is 0 Å². The first-order valence-corrected chi connectivity index (χ1v) is 7.30. The third-order valence-electron chi connectivity index (χ3n) is 3.25. The maximum absolute atomic E-state index is 12.0. The molecule has 0 unspecified atom stereocenters. The summed E-state index contributed by atoms with van der Waals surface area (Å²) in [5, 5.41) is 2.47. The van der Waals surface area contributed by atoms with E-state index < -0.39 is 18.0 Å². The van der Waals surface area contributed by atoms with Crippen molar-refractivity contribution in [3.8, 4) is 5.75 Å². The molecule has 7 nitrogen and oxygen atoms in total. The van der Waals surface area contributed by atoms with E-state index in [-0.39, 0.29) is 16.8 Å². The lowest BCUT2D eigenvalue weighted by Crippen LogP contribution is -2.18. The number of anilines is 1. The second-order valence-electron chi connectivity index (χ2n) is 5.11. The molecule has 7 heteroatoms. The average Bonchev–Trinajstić information content (AvgIpc) is 2.61. The Morgan fingerprint density at radius 2 is 1.36 bits per heavy atom. The standard InChI is InChI=1S/C18H17NO6/c1-11-4-6-15(7-5-11)25-18(22)19-14-9-12(16(20)23-2)8-13(10-14)17(21)24-3/h4-10H,1-3H3,(H,19,22). The Hall–Kier alpha value is -3.35. The summed E-state index contributed by atoms with van der Waals surface area (Å²) in [6, 6.07) is 11.0. The largest absolute Gasteiger partial charge is 0.465 e. The lowest BCUT2D eigenvalue weighted by molar-refractivity contribution is 0.0599. The van der Waals surface area contributed by atoms with Crippen molar-refractivity contribution < 1.29 is 28.6 Å². The van der Waals surface area contributed by atoms with Gasteiger partial charge in [-0.1, -0.05) is 17.7 Å². The van der Waals surface area contributed by atoms with E-state index in [0.717, 1.165) is 5.56 Å². The van der Waals surface area contributed by atoms with Crippen molar-refractivity contribution in [1.29, 1.82) is 0 Å². The van der Waals surface area contributed by atoms with E-state index in [2.05, 4.69) is 14.8 Å². The van der Waals surface area contributed by atoms with Gasteiger partial charge < -0.3 is 14.2 Å². The van der Waals surface area contributed by atoms with E-state index in [4.69, 9.17) is 4.74 Å². The topological polar surface area (TPSA) is 90.9 Å². The van der Waals surface area contributed by atoms with Crippen molar-refractivity contribution in [3.05, 3.63) is 59.2 Å². The van der Waals surface area contributed by atoms with Gasteiger partial charge in [0.25, 0.3) is 0 Å². The normalized spacial score (nSPS) is 9.88. The molecule has 0 radical (unpaired) electrons. The van der Waals surface area contributed by atoms with Gasteiger partial charge in [-0.25, -0.2) is 14.4 Å². The van der Waals surface area contributed by atoms with Gasteiger partial charge in [0.2, 0.25) is 0 Å². The zero-order chi connectivity index (χ0) is 18.4. The van der Waals surface area contributed by atoms with Crippen LogP contribution in [0.1, 0.15) is 26.3 Å². The summed E-state index contributed by atoms with van der Waals surface area (Å²) in [4.78, 5) is 35.4. The van der Waals surface area contributed by atoms with Gasteiger partial charge in [-0.05, 0) is 37.3 Å². The number of carbonyl (C=O) groups is 3. The SMILES string of the molecule is COC(=O)c1cc(NC(=O)Oc2ccc(C)cc2)cc(C(=O)OC)c1. The minimum absolute atomic E-state index is 0.0936. The Bertz CT molecular complexity index is 763. The van der Waals surface area contributed by atoms with E-state index in [1.807, 2.05) is 6.92 Å². The smallest absolute Gasteiger partial charge is 0.417 e. The first-order valence-electron chi connectivity index (χ1n) is 7.30. The highest BCUT2D eigenvalue weighted by Crippen LogP contribution is 2.18. The summed E-state index contributed by atoms with van der Waals surface area (Å²) in [5.41, 5.74) is 1.41. The molecule has 0 atom stereocenters. The van der Waals surface area contributed by atoms with E-state index in [9.17, 15) is 14.4 Å². The summed E-state index contributed by atoms with van der Waals surface area (Å²) in [5.74, 6) is -0.943. The fourth-order valence-electron chi connectivity index (χ4n) is 2.03. The molecular formula is C18H17NO6. The molecule has 2 aromatic rings. The number of hydrogen-bond donors (Lipinski definition) is 1. The molecule has 0 bridgehead atoms. The highest BCUT2D eigenvalue weighted by molar-refractivity contribution is 5.98. The molecule has 0 aliphatic carbocycles. The van der Waals surface area contributed by atoms with Crippen LogP contribution in [0.15, 0.2) is 42.5 Å². The van der Waals surface area contributed by atoms with Gasteiger partial charge in [-0.15, -0.1) is 0 Å². The Balaban J connectivity index is 2.21. The van der Waals surface area contributed by atoms with Gasteiger partial charge in [0.1, 0.15) is 5.75 Å². The zero-order valence-corrected chi connectivity index (χ0v) is 14.0. The van der Waals surface area contributed by atoms with Crippen LogP contribution in [0.4, 0.5) is 10.5 Å². The Morgan fingerprint density at radius 1 is 0.840 bits per heavy atom. The number of ether oxygens (including phenoxy) is 3. The molecule has 130 valence electrons. The van der Waals surface area contributed by atoms with Crippen molar-refractivity contribution in [3.63, 3.8) is 0 Å². The number of esters is 2. The summed E-state index contributed by atoms with van der Waals surface area (Å²) in [7, 11) is 2.43. The number of aryl methyl sites for hydroxylation is 1. The minimum Gasteiger partial charge on any atom is -0.465 e.